The fourth-order valence-corrected chi connectivity index (χ4v) is 2.97. The van der Waals surface area contributed by atoms with Gasteiger partial charge in [-0.25, -0.2) is 0 Å². The number of carbonyl (C=O) groups excluding carboxylic acids is 1. The van der Waals surface area contributed by atoms with Crippen molar-refractivity contribution in [2.24, 2.45) is 0 Å². The van der Waals surface area contributed by atoms with Gasteiger partial charge in [0.1, 0.15) is 5.75 Å². The minimum atomic E-state index is -0.201. The van der Waals surface area contributed by atoms with E-state index in [9.17, 15) is 4.79 Å². The van der Waals surface area contributed by atoms with Gasteiger partial charge in [-0.3, -0.25) is 4.79 Å². The van der Waals surface area contributed by atoms with Gasteiger partial charge in [0, 0.05) is 29.5 Å². The fraction of sp³-hybridized carbons (Fsp3) is 0.174. The van der Waals surface area contributed by atoms with E-state index in [2.05, 4.69) is 10.6 Å². The van der Waals surface area contributed by atoms with Gasteiger partial charge >= 0.3 is 0 Å². The fourth-order valence-electron chi connectivity index (χ4n) is 2.97. The van der Waals surface area contributed by atoms with Gasteiger partial charge in [-0.15, -0.1) is 0 Å². The molecule has 3 aromatic rings. The van der Waals surface area contributed by atoms with Crippen LogP contribution in [0.1, 0.15) is 11.1 Å². The minimum absolute atomic E-state index is 0.0606. The third-order valence-electron chi connectivity index (χ3n) is 4.52. The first-order valence-corrected chi connectivity index (χ1v) is 9.38. The molecule has 2 N–H and O–H groups in total. The molecule has 3 aromatic carbocycles. The van der Waals surface area contributed by atoms with Crippen molar-refractivity contribution in [2.75, 3.05) is 24.0 Å². The van der Waals surface area contributed by atoms with Crippen LogP contribution >= 0.6 is 0 Å². The van der Waals surface area contributed by atoms with Gasteiger partial charge < -0.3 is 24.8 Å². The molecule has 0 unspecified atom stereocenters. The first kappa shape index (κ1) is 18.7. The van der Waals surface area contributed by atoms with E-state index in [0.29, 0.717) is 12.3 Å². The first-order chi connectivity index (χ1) is 14.2. The van der Waals surface area contributed by atoms with Crippen LogP contribution in [0, 0.1) is 6.92 Å². The summed E-state index contributed by atoms with van der Waals surface area (Å²) >= 11 is 0. The summed E-state index contributed by atoms with van der Waals surface area (Å²) < 4.78 is 16.5. The Kier molecular flexibility index (Phi) is 5.52. The number of carbonyl (C=O) groups is 1. The van der Waals surface area contributed by atoms with Crippen molar-refractivity contribution in [2.45, 2.75) is 13.5 Å². The summed E-state index contributed by atoms with van der Waals surface area (Å²) in [6, 6.07) is 21.0. The highest BCUT2D eigenvalue weighted by Crippen LogP contribution is 2.34. The number of anilines is 2. The molecule has 6 heteroatoms. The van der Waals surface area contributed by atoms with Crippen LogP contribution in [0.25, 0.3) is 0 Å². The van der Waals surface area contributed by atoms with Crippen LogP contribution in [0.5, 0.6) is 17.2 Å². The van der Waals surface area contributed by atoms with Gasteiger partial charge in [0.15, 0.2) is 18.1 Å². The summed E-state index contributed by atoms with van der Waals surface area (Å²) in [5, 5.41) is 6.18. The second-order valence-corrected chi connectivity index (χ2v) is 6.73. The summed E-state index contributed by atoms with van der Waals surface area (Å²) in [6.45, 7) is 2.74. The average molecular weight is 390 g/mol. The van der Waals surface area contributed by atoms with Crippen molar-refractivity contribution >= 4 is 17.3 Å². The Morgan fingerprint density at radius 2 is 1.72 bits per heavy atom. The van der Waals surface area contributed by atoms with Crippen LogP contribution in [0.4, 0.5) is 11.4 Å². The monoisotopic (exact) mass is 390 g/mol. The van der Waals surface area contributed by atoms with Crippen LogP contribution in [0.2, 0.25) is 0 Å². The molecule has 1 heterocycles. The van der Waals surface area contributed by atoms with Gasteiger partial charge in [0.25, 0.3) is 5.91 Å². The third-order valence-corrected chi connectivity index (χ3v) is 4.52. The maximum atomic E-state index is 12.2. The molecule has 0 spiro atoms. The molecule has 0 radical (unpaired) electrons. The zero-order valence-corrected chi connectivity index (χ0v) is 16.1. The van der Waals surface area contributed by atoms with Crippen molar-refractivity contribution in [3.63, 3.8) is 0 Å². The number of benzene rings is 3. The van der Waals surface area contributed by atoms with E-state index in [1.807, 2.05) is 73.7 Å². The number of fused-ring (bicyclic) bond motifs is 1. The van der Waals surface area contributed by atoms with Crippen LogP contribution in [-0.4, -0.2) is 19.3 Å². The summed E-state index contributed by atoms with van der Waals surface area (Å²) in [5.74, 6) is 1.94. The molecule has 0 aromatic heterocycles. The molecule has 0 bridgehead atoms. The summed E-state index contributed by atoms with van der Waals surface area (Å²) in [4.78, 5) is 12.2. The van der Waals surface area contributed by atoms with Gasteiger partial charge in [-0.2, -0.15) is 0 Å². The number of rotatable bonds is 7. The van der Waals surface area contributed by atoms with Crippen LogP contribution in [-0.2, 0) is 11.3 Å². The molecule has 0 saturated heterocycles. The Hall–Kier alpha value is -3.67. The van der Waals surface area contributed by atoms with Crippen molar-refractivity contribution in [1.82, 2.24) is 0 Å². The maximum Gasteiger partial charge on any atom is 0.262 e. The third kappa shape index (κ3) is 4.79. The number of aryl methyl sites for hydroxylation is 1. The number of amides is 1. The van der Waals surface area contributed by atoms with Gasteiger partial charge in [-0.1, -0.05) is 35.9 Å². The normalized spacial score (nSPS) is 11.8. The molecule has 1 aliphatic heterocycles. The van der Waals surface area contributed by atoms with E-state index in [0.717, 1.165) is 34.0 Å². The highest BCUT2D eigenvalue weighted by molar-refractivity contribution is 5.91. The number of hydrogen-bond donors (Lipinski definition) is 2. The van der Waals surface area contributed by atoms with E-state index >= 15 is 0 Å². The molecular weight excluding hydrogens is 368 g/mol. The predicted octanol–water partition coefficient (Wildman–Crippen LogP) is 4.35. The number of para-hydroxylation sites is 1. The summed E-state index contributed by atoms with van der Waals surface area (Å²) in [7, 11) is 0. The van der Waals surface area contributed by atoms with E-state index in [-0.39, 0.29) is 19.3 Å². The Morgan fingerprint density at radius 1 is 0.966 bits per heavy atom. The molecule has 4 rings (SSSR count). The number of hydrogen-bond acceptors (Lipinski definition) is 5. The lowest BCUT2D eigenvalue weighted by molar-refractivity contribution is -0.118. The molecule has 1 amide bonds. The Balaban J connectivity index is 1.34. The smallest absolute Gasteiger partial charge is 0.262 e. The van der Waals surface area contributed by atoms with Crippen LogP contribution in [0.3, 0.4) is 0 Å². The van der Waals surface area contributed by atoms with Gasteiger partial charge in [-0.05, 0) is 37.3 Å². The molecule has 0 atom stereocenters. The van der Waals surface area contributed by atoms with Crippen LogP contribution < -0.4 is 24.8 Å². The van der Waals surface area contributed by atoms with E-state index in [1.54, 1.807) is 0 Å². The quantitative estimate of drug-likeness (QED) is 0.628. The Morgan fingerprint density at radius 3 is 2.59 bits per heavy atom. The van der Waals surface area contributed by atoms with Gasteiger partial charge in [0.05, 0.1) is 0 Å². The predicted molar refractivity (Wildman–Crippen MR) is 112 cm³/mol. The van der Waals surface area contributed by atoms with Crippen molar-refractivity contribution in [3.8, 4) is 17.2 Å². The lowest BCUT2D eigenvalue weighted by Crippen LogP contribution is -2.20. The Bertz CT molecular complexity index is 1000. The molecular formula is C23H22N2O4. The zero-order valence-electron chi connectivity index (χ0n) is 16.1. The maximum absolute atomic E-state index is 12.2. The molecule has 148 valence electrons. The van der Waals surface area contributed by atoms with Crippen molar-refractivity contribution in [3.05, 3.63) is 77.9 Å². The topological polar surface area (TPSA) is 68.8 Å². The second kappa shape index (κ2) is 8.56. The molecule has 0 fully saturated rings. The summed E-state index contributed by atoms with van der Waals surface area (Å²) in [6.07, 6.45) is 0. The summed E-state index contributed by atoms with van der Waals surface area (Å²) in [5.41, 5.74) is 3.76. The van der Waals surface area contributed by atoms with Gasteiger partial charge in [0.2, 0.25) is 6.79 Å². The second-order valence-electron chi connectivity index (χ2n) is 6.73. The molecule has 29 heavy (non-hydrogen) atoms. The molecule has 0 aliphatic carbocycles. The van der Waals surface area contributed by atoms with E-state index in [4.69, 9.17) is 14.2 Å². The first-order valence-electron chi connectivity index (χ1n) is 9.38. The Labute approximate surface area is 169 Å². The number of nitrogens with one attached hydrogen (secondary N) is 2. The lowest BCUT2D eigenvalue weighted by atomic mass is 10.2. The van der Waals surface area contributed by atoms with E-state index < -0.39 is 0 Å². The number of ether oxygens (including phenoxy) is 3. The van der Waals surface area contributed by atoms with Crippen molar-refractivity contribution in [1.29, 1.82) is 0 Å². The molecule has 1 aliphatic rings. The largest absolute Gasteiger partial charge is 0.483 e. The minimum Gasteiger partial charge on any atom is -0.483 e. The van der Waals surface area contributed by atoms with Crippen LogP contribution in [0.15, 0.2) is 66.7 Å². The highest BCUT2D eigenvalue weighted by Gasteiger charge is 2.13. The standard InChI is InChI=1S/C23H22N2O4/c1-16-6-8-18(9-7-16)25-23(26)14-27-20-5-3-2-4-17(20)13-24-19-10-11-21-22(12-19)29-15-28-21/h2-12,24H,13-15H2,1H3,(H,25,26). The average Bonchev–Trinajstić information content (AvgIpc) is 3.21. The van der Waals surface area contributed by atoms with E-state index in [1.165, 1.54) is 0 Å². The highest BCUT2D eigenvalue weighted by atomic mass is 16.7. The van der Waals surface area contributed by atoms with Crippen molar-refractivity contribution < 1.29 is 19.0 Å². The SMILES string of the molecule is Cc1ccc(NC(=O)COc2ccccc2CNc2ccc3c(c2)OCO3)cc1. The lowest BCUT2D eigenvalue weighted by Gasteiger charge is -2.13. The molecule has 0 saturated carbocycles. The zero-order chi connectivity index (χ0) is 20.1. The molecule has 6 nitrogen and oxygen atoms in total.